The Hall–Kier alpha value is -10.3. The van der Waals surface area contributed by atoms with Gasteiger partial charge in [-0.25, -0.2) is 33.6 Å². The number of rotatable bonds is 21. The first-order chi connectivity index (χ1) is 46.0. The highest BCUT2D eigenvalue weighted by Crippen LogP contribution is 2.45. The van der Waals surface area contributed by atoms with Crippen molar-refractivity contribution in [3.05, 3.63) is 275 Å². The van der Waals surface area contributed by atoms with E-state index >= 15 is 0 Å². The number of hydrogen-bond acceptors (Lipinski definition) is 19. The van der Waals surface area contributed by atoms with Crippen molar-refractivity contribution in [2.45, 2.75) is 106 Å². The van der Waals surface area contributed by atoms with E-state index in [2.05, 4.69) is 0 Å². The van der Waals surface area contributed by atoms with Crippen molar-refractivity contribution in [3.63, 3.8) is 0 Å². The van der Waals surface area contributed by atoms with E-state index in [4.69, 9.17) is 56.8 Å². The van der Waals surface area contributed by atoms with E-state index in [-0.39, 0.29) is 45.9 Å². The Morgan fingerprint density at radius 1 is 0.319 bits per heavy atom. The molecule has 0 aromatic heterocycles. The molecule has 2 saturated heterocycles. The van der Waals surface area contributed by atoms with Crippen molar-refractivity contribution in [1.82, 2.24) is 0 Å². The first-order valence-electron chi connectivity index (χ1n) is 31.1. The molecule has 0 spiro atoms. The van der Waals surface area contributed by atoms with E-state index in [1.807, 2.05) is 48.5 Å². The molecule has 8 aromatic rings. The highest BCUT2D eigenvalue weighted by Gasteiger charge is 2.57. The van der Waals surface area contributed by atoms with Gasteiger partial charge in [0.15, 0.2) is 49.2 Å². The lowest BCUT2D eigenvalue weighted by atomic mass is 9.95. The van der Waals surface area contributed by atoms with Gasteiger partial charge in [0.2, 0.25) is 0 Å². The van der Waals surface area contributed by atoms with Crippen molar-refractivity contribution >= 4 is 42.0 Å². The molecule has 0 unspecified atom stereocenters. The van der Waals surface area contributed by atoms with E-state index in [1.54, 1.807) is 109 Å². The summed E-state index contributed by atoms with van der Waals surface area (Å²) in [6, 6.07) is 63.2. The van der Waals surface area contributed by atoms with Crippen LogP contribution in [0.2, 0.25) is 0 Å². The van der Waals surface area contributed by atoms with E-state index < -0.39 is 123 Å². The number of ether oxygens (including phenoxy) is 12. The van der Waals surface area contributed by atoms with Gasteiger partial charge in [0, 0.05) is 5.92 Å². The van der Waals surface area contributed by atoms with Crippen molar-refractivity contribution < 1.29 is 90.4 Å². The molecule has 94 heavy (non-hydrogen) atoms. The third-order valence-electron chi connectivity index (χ3n) is 16.7. The van der Waals surface area contributed by atoms with Crippen molar-refractivity contribution in [1.29, 1.82) is 0 Å². The largest absolute Gasteiger partial charge is 0.508 e. The minimum atomic E-state index is -1.91. The Balaban J connectivity index is 0.933. The van der Waals surface area contributed by atoms with E-state index in [0.29, 0.717) is 12.8 Å². The molecule has 1 saturated carbocycles. The van der Waals surface area contributed by atoms with E-state index in [0.717, 1.165) is 41.5 Å². The van der Waals surface area contributed by atoms with Crippen LogP contribution in [-0.2, 0) is 56.8 Å². The highest BCUT2D eigenvalue weighted by molar-refractivity contribution is 5.93. The topological polar surface area (TPSA) is 230 Å². The molecule has 2 aliphatic heterocycles. The molecule has 0 amide bonds. The van der Waals surface area contributed by atoms with Crippen LogP contribution < -0.4 is 0 Å². The fourth-order valence-electron chi connectivity index (χ4n) is 12.0. The fraction of sp³-hybridized carbons (Fsp3) is 0.267. The molecular formula is C75H66O19. The van der Waals surface area contributed by atoms with Gasteiger partial charge in [0.25, 0.3) is 0 Å². The smallest absolute Gasteiger partial charge is 0.452 e. The number of carbonyl (C=O) groups excluding carboxylic acids is 7. The number of esters is 6. The average Bonchev–Trinajstić information content (AvgIpc) is 1.34. The van der Waals surface area contributed by atoms with Crippen LogP contribution in [0.5, 0.6) is 0 Å². The summed E-state index contributed by atoms with van der Waals surface area (Å²) in [6.07, 6.45) is -15.1. The van der Waals surface area contributed by atoms with Gasteiger partial charge in [-0.05, 0) is 108 Å². The van der Waals surface area contributed by atoms with Crippen LogP contribution in [0.25, 0.3) is 11.1 Å². The van der Waals surface area contributed by atoms with Crippen LogP contribution in [0.1, 0.15) is 111 Å². The van der Waals surface area contributed by atoms with Crippen LogP contribution in [0.15, 0.2) is 231 Å². The molecule has 0 N–H and O–H groups in total. The first-order valence-corrected chi connectivity index (χ1v) is 31.1. The minimum Gasteiger partial charge on any atom is -0.452 e. The van der Waals surface area contributed by atoms with Crippen molar-refractivity contribution in [3.8, 4) is 11.1 Å². The van der Waals surface area contributed by atoms with Gasteiger partial charge in [-0.2, -0.15) is 0 Å². The van der Waals surface area contributed by atoms with Gasteiger partial charge in [-0.3, -0.25) is 0 Å². The molecule has 12 rings (SSSR count). The molecular weight excluding hydrogens is 1200 g/mol. The molecule has 3 fully saturated rings. The summed E-state index contributed by atoms with van der Waals surface area (Å²) in [5.74, 6) is -5.88. The van der Waals surface area contributed by atoms with Crippen LogP contribution in [0.4, 0.5) is 4.79 Å². The Bertz CT molecular complexity index is 3840. The molecule has 8 aromatic carbocycles. The summed E-state index contributed by atoms with van der Waals surface area (Å²) >= 11 is 0. The van der Waals surface area contributed by atoms with Gasteiger partial charge < -0.3 is 56.8 Å². The molecule has 10 atom stereocenters. The Labute approximate surface area is 541 Å². The van der Waals surface area contributed by atoms with Gasteiger partial charge in [0.1, 0.15) is 25.4 Å². The predicted octanol–water partition coefficient (Wildman–Crippen LogP) is 12.1. The lowest BCUT2D eigenvalue weighted by Gasteiger charge is -2.47. The van der Waals surface area contributed by atoms with Gasteiger partial charge in [-0.1, -0.05) is 177 Å². The molecule has 4 aliphatic rings. The summed E-state index contributed by atoms with van der Waals surface area (Å²) in [5.41, 5.74) is 4.31. The second-order valence-electron chi connectivity index (χ2n) is 22.8. The van der Waals surface area contributed by atoms with Crippen LogP contribution in [-0.4, -0.2) is 129 Å². The summed E-state index contributed by atoms with van der Waals surface area (Å²) in [4.78, 5) is 101. The molecule has 19 nitrogen and oxygen atoms in total. The minimum absolute atomic E-state index is 0.0401. The lowest BCUT2D eigenvalue weighted by Crippen LogP contribution is -2.65. The maximum Gasteiger partial charge on any atom is 0.508 e. The SMILES string of the molecule is O=C(OCC1c2ccccc2-c2ccccc21)OC[C@H]1O[C@@H](OC[C@H]2O[C@@H](OC3CCCCC3)[C@H](OC(=O)c3ccccc3)[C@@H](OC(=O)c3ccccc3)[C@@H]2OC(=O)c2ccccc2)[C@H](OC(=O)c2ccccc2)[C@@H](OC(=O)c2ccccc2)[C@@H]1OC(=O)c1ccccc1. The standard InChI is InChI=1S/C75H66O19/c76-67(47-26-8-1-9-27-47)89-61-59(88-74(86-53-38-20-7-21-39-53)66(94-72(81)52-36-18-6-19-37-52)64(61)92-70(79)50-32-14-4-15-33-50)45-83-73-65(93-71(80)51-34-16-5-17-35-51)63(91-69(78)49-30-12-3-13-31-49)62(90-68(77)48-28-10-2-11-29-48)60(87-73)46-85-75(82)84-44-58-56-42-24-22-40-54(56)55-41-23-25-43-57(55)58/h1-6,8-19,22-37,40-43,53,58-66,73-74H,7,20-21,38-39,44-46H2/t59-,60-,61-,62-,63+,64+,65-,66-,73-,74-/m1/s1. The van der Waals surface area contributed by atoms with Gasteiger partial charge in [-0.15, -0.1) is 0 Å². The summed E-state index contributed by atoms with van der Waals surface area (Å²) in [7, 11) is 0. The predicted molar refractivity (Wildman–Crippen MR) is 336 cm³/mol. The van der Waals surface area contributed by atoms with Crippen LogP contribution in [0.3, 0.4) is 0 Å². The highest BCUT2D eigenvalue weighted by atomic mass is 16.8. The van der Waals surface area contributed by atoms with Crippen LogP contribution in [0, 0.1) is 0 Å². The number of fused-ring (bicyclic) bond motifs is 3. The zero-order valence-corrected chi connectivity index (χ0v) is 50.8. The number of benzene rings is 8. The third-order valence-corrected chi connectivity index (χ3v) is 16.7. The van der Waals surface area contributed by atoms with E-state index in [1.165, 1.54) is 72.8 Å². The Morgan fingerprint density at radius 2 is 0.628 bits per heavy atom. The summed E-state index contributed by atoms with van der Waals surface area (Å²) in [5, 5.41) is 0. The second kappa shape index (κ2) is 30.4. The lowest BCUT2D eigenvalue weighted by molar-refractivity contribution is -0.333. The third kappa shape index (κ3) is 15.3. The Kier molecular flexibility index (Phi) is 20.7. The summed E-state index contributed by atoms with van der Waals surface area (Å²) < 4.78 is 77.1. The maximum absolute atomic E-state index is 14.6. The zero-order valence-electron chi connectivity index (χ0n) is 50.8. The Morgan fingerprint density at radius 3 is 1.02 bits per heavy atom. The zero-order chi connectivity index (χ0) is 64.8. The molecule has 480 valence electrons. The monoisotopic (exact) mass is 1270 g/mol. The second-order valence-corrected chi connectivity index (χ2v) is 22.8. The molecule has 0 bridgehead atoms. The van der Waals surface area contributed by atoms with Gasteiger partial charge >= 0.3 is 42.0 Å². The van der Waals surface area contributed by atoms with Crippen molar-refractivity contribution in [2.75, 3.05) is 19.8 Å². The molecule has 2 aliphatic carbocycles. The normalized spacial score (nSPS) is 22.4. The van der Waals surface area contributed by atoms with Gasteiger partial charge in [0.05, 0.1) is 46.1 Å². The average molecular weight is 1270 g/mol. The van der Waals surface area contributed by atoms with Crippen LogP contribution >= 0.6 is 0 Å². The molecule has 0 radical (unpaired) electrons. The molecule has 19 heteroatoms. The fourth-order valence-corrected chi connectivity index (χ4v) is 12.0. The van der Waals surface area contributed by atoms with E-state index in [9.17, 15) is 33.6 Å². The first kappa shape index (κ1) is 63.8. The number of carbonyl (C=O) groups is 7. The number of hydrogen-bond donors (Lipinski definition) is 0. The van der Waals surface area contributed by atoms with Crippen molar-refractivity contribution in [2.24, 2.45) is 0 Å². The quantitative estimate of drug-likeness (QED) is 0.0481. The maximum atomic E-state index is 14.6. The summed E-state index contributed by atoms with van der Waals surface area (Å²) in [6.45, 7) is -1.63. The molecule has 2 heterocycles.